The van der Waals surface area contributed by atoms with Gasteiger partial charge in [0.05, 0.1) is 0 Å². The van der Waals surface area contributed by atoms with Gasteiger partial charge in [-0.25, -0.2) is 0 Å². The molecule has 1 atom stereocenters. The van der Waals surface area contributed by atoms with E-state index in [0.717, 1.165) is 32.4 Å². The summed E-state index contributed by atoms with van der Waals surface area (Å²) in [5.74, 6) is -0.0164. The second-order valence-corrected chi connectivity index (χ2v) is 5.43. The molecule has 0 spiro atoms. The normalized spacial score (nSPS) is 12.7. The van der Waals surface area contributed by atoms with Gasteiger partial charge >= 0.3 is 0 Å². The predicted octanol–water partition coefficient (Wildman–Crippen LogP) is 3.48. The van der Waals surface area contributed by atoms with Gasteiger partial charge in [-0.3, -0.25) is 4.79 Å². The standard InChI is InChI=1S/C16H21ClN2O/c1-2-12(16(17)20)7-9-18-10-8-13-11-19-15-6-4-3-5-14(13)15/h3-6,11-12,18-19H,2,7-10H2,1H3. The maximum atomic E-state index is 11.1. The minimum absolute atomic E-state index is 0.0164. The van der Waals surface area contributed by atoms with Crippen molar-refractivity contribution < 1.29 is 4.79 Å². The lowest BCUT2D eigenvalue weighted by Gasteiger charge is -2.10. The topological polar surface area (TPSA) is 44.9 Å². The van der Waals surface area contributed by atoms with Crippen LogP contribution in [-0.4, -0.2) is 23.3 Å². The van der Waals surface area contributed by atoms with Gasteiger partial charge in [0.2, 0.25) is 5.24 Å². The van der Waals surface area contributed by atoms with Crippen LogP contribution in [-0.2, 0) is 11.2 Å². The van der Waals surface area contributed by atoms with E-state index in [4.69, 9.17) is 11.6 Å². The van der Waals surface area contributed by atoms with Crippen LogP contribution in [0, 0.1) is 5.92 Å². The van der Waals surface area contributed by atoms with E-state index in [2.05, 4.69) is 34.7 Å². The summed E-state index contributed by atoms with van der Waals surface area (Å²) in [6.45, 7) is 3.74. The number of fused-ring (bicyclic) bond motifs is 1. The highest BCUT2D eigenvalue weighted by molar-refractivity contribution is 6.63. The molecular weight excluding hydrogens is 272 g/mol. The lowest BCUT2D eigenvalue weighted by Crippen LogP contribution is -2.22. The number of rotatable bonds is 8. The van der Waals surface area contributed by atoms with E-state index in [9.17, 15) is 4.79 Å². The fourth-order valence-electron chi connectivity index (χ4n) is 2.44. The molecule has 0 aliphatic rings. The monoisotopic (exact) mass is 292 g/mol. The van der Waals surface area contributed by atoms with Crippen LogP contribution >= 0.6 is 11.6 Å². The molecule has 1 aromatic heterocycles. The van der Waals surface area contributed by atoms with Crippen molar-refractivity contribution in [2.75, 3.05) is 13.1 Å². The highest BCUT2D eigenvalue weighted by Crippen LogP contribution is 2.17. The summed E-state index contributed by atoms with van der Waals surface area (Å²) < 4.78 is 0. The number of aromatic amines is 1. The van der Waals surface area contributed by atoms with E-state index in [-0.39, 0.29) is 11.2 Å². The van der Waals surface area contributed by atoms with Gasteiger partial charge in [-0.05, 0) is 55.6 Å². The number of carbonyl (C=O) groups excluding carboxylic acids is 1. The fraction of sp³-hybridized carbons (Fsp3) is 0.438. The number of halogens is 1. The average molecular weight is 293 g/mol. The van der Waals surface area contributed by atoms with Gasteiger partial charge in [-0.1, -0.05) is 25.1 Å². The summed E-state index contributed by atoms with van der Waals surface area (Å²) in [6.07, 6.45) is 4.68. The Morgan fingerprint density at radius 1 is 1.35 bits per heavy atom. The molecule has 1 unspecified atom stereocenters. The third kappa shape index (κ3) is 3.84. The summed E-state index contributed by atoms with van der Waals surface area (Å²) >= 11 is 5.53. The van der Waals surface area contributed by atoms with Gasteiger partial charge in [0.1, 0.15) is 0 Å². The van der Waals surface area contributed by atoms with Gasteiger partial charge in [0.25, 0.3) is 0 Å². The van der Waals surface area contributed by atoms with Crippen LogP contribution in [0.4, 0.5) is 0 Å². The minimum Gasteiger partial charge on any atom is -0.361 e. The molecule has 0 saturated heterocycles. The van der Waals surface area contributed by atoms with Crippen molar-refractivity contribution in [3.8, 4) is 0 Å². The SMILES string of the molecule is CCC(CCNCCc1c[nH]c2ccccc12)C(=O)Cl. The van der Waals surface area contributed by atoms with E-state index in [1.54, 1.807) is 0 Å². The Balaban J connectivity index is 1.75. The van der Waals surface area contributed by atoms with Crippen LogP contribution in [0.3, 0.4) is 0 Å². The smallest absolute Gasteiger partial charge is 0.224 e. The van der Waals surface area contributed by atoms with E-state index in [1.807, 2.05) is 13.0 Å². The molecule has 2 rings (SSSR count). The number of carbonyl (C=O) groups is 1. The Labute approximate surface area is 124 Å². The second kappa shape index (κ2) is 7.46. The molecule has 0 fully saturated rings. The molecule has 0 radical (unpaired) electrons. The van der Waals surface area contributed by atoms with Crippen molar-refractivity contribution in [1.29, 1.82) is 0 Å². The third-order valence-electron chi connectivity index (χ3n) is 3.73. The van der Waals surface area contributed by atoms with Crippen molar-refractivity contribution in [3.63, 3.8) is 0 Å². The number of H-pyrrole nitrogens is 1. The van der Waals surface area contributed by atoms with E-state index < -0.39 is 0 Å². The zero-order valence-electron chi connectivity index (χ0n) is 11.8. The number of nitrogens with one attached hydrogen (secondary N) is 2. The first-order valence-electron chi connectivity index (χ1n) is 7.17. The highest BCUT2D eigenvalue weighted by atomic mass is 35.5. The summed E-state index contributed by atoms with van der Waals surface area (Å²) in [4.78, 5) is 14.4. The average Bonchev–Trinajstić information content (AvgIpc) is 2.86. The Bertz CT molecular complexity index is 564. The number of hydrogen-bond donors (Lipinski definition) is 2. The van der Waals surface area contributed by atoms with Gasteiger partial charge in [0.15, 0.2) is 0 Å². The number of hydrogen-bond acceptors (Lipinski definition) is 2. The quantitative estimate of drug-likeness (QED) is 0.578. The maximum Gasteiger partial charge on any atom is 0.224 e. The molecule has 2 aromatic rings. The first-order chi connectivity index (χ1) is 9.72. The minimum atomic E-state index is -0.217. The molecule has 2 N–H and O–H groups in total. The van der Waals surface area contributed by atoms with Gasteiger partial charge in [-0.2, -0.15) is 0 Å². The van der Waals surface area contributed by atoms with Crippen LogP contribution in [0.15, 0.2) is 30.5 Å². The number of aromatic nitrogens is 1. The lowest BCUT2D eigenvalue weighted by molar-refractivity contribution is -0.115. The molecule has 0 bridgehead atoms. The maximum absolute atomic E-state index is 11.1. The van der Waals surface area contributed by atoms with E-state index in [0.29, 0.717) is 0 Å². The van der Waals surface area contributed by atoms with Crippen LogP contribution in [0.2, 0.25) is 0 Å². The molecule has 1 aromatic carbocycles. The molecule has 20 heavy (non-hydrogen) atoms. The third-order valence-corrected chi connectivity index (χ3v) is 4.04. The summed E-state index contributed by atoms with van der Waals surface area (Å²) in [6, 6.07) is 8.32. The van der Waals surface area contributed by atoms with E-state index >= 15 is 0 Å². The Kier molecular flexibility index (Phi) is 5.62. The first kappa shape index (κ1) is 15.1. The van der Waals surface area contributed by atoms with Crippen LogP contribution in [0.25, 0.3) is 10.9 Å². The van der Waals surface area contributed by atoms with Crippen LogP contribution in [0.1, 0.15) is 25.3 Å². The largest absolute Gasteiger partial charge is 0.361 e. The number of benzene rings is 1. The fourth-order valence-corrected chi connectivity index (χ4v) is 2.70. The molecule has 4 heteroatoms. The van der Waals surface area contributed by atoms with E-state index in [1.165, 1.54) is 16.5 Å². The molecule has 1 heterocycles. The Morgan fingerprint density at radius 2 is 2.15 bits per heavy atom. The highest BCUT2D eigenvalue weighted by Gasteiger charge is 2.12. The first-order valence-corrected chi connectivity index (χ1v) is 7.55. The van der Waals surface area contributed by atoms with Crippen LogP contribution in [0.5, 0.6) is 0 Å². The van der Waals surface area contributed by atoms with Crippen LogP contribution < -0.4 is 5.32 Å². The zero-order valence-corrected chi connectivity index (χ0v) is 12.5. The molecule has 108 valence electrons. The molecule has 0 amide bonds. The summed E-state index contributed by atoms with van der Waals surface area (Å²) in [7, 11) is 0. The Morgan fingerprint density at radius 3 is 2.90 bits per heavy atom. The Hall–Kier alpha value is -1.32. The summed E-state index contributed by atoms with van der Waals surface area (Å²) in [5, 5.41) is 4.46. The van der Waals surface area contributed by atoms with Gasteiger partial charge in [-0.15, -0.1) is 0 Å². The molecule has 0 aliphatic carbocycles. The molecule has 0 saturated carbocycles. The van der Waals surface area contributed by atoms with Gasteiger partial charge in [0, 0.05) is 23.0 Å². The summed E-state index contributed by atoms with van der Waals surface area (Å²) in [5.41, 5.74) is 2.51. The van der Waals surface area contributed by atoms with Crippen molar-refractivity contribution in [2.24, 2.45) is 5.92 Å². The van der Waals surface area contributed by atoms with Crippen molar-refractivity contribution >= 4 is 27.7 Å². The second-order valence-electron chi connectivity index (χ2n) is 5.06. The zero-order chi connectivity index (χ0) is 14.4. The molecular formula is C16H21ClN2O. The lowest BCUT2D eigenvalue weighted by atomic mass is 10.0. The predicted molar refractivity (Wildman–Crippen MR) is 84.1 cm³/mol. The van der Waals surface area contributed by atoms with Crippen molar-refractivity contribution in [2.45, 2.75) is 26.2 Å². The van der Waals surface area contributed by atoms with Crippen molar-refractivity contribution in [1.82, 2.24) is 10.3 Å². The molecule has 3 nitrogen and oxygen atoms in total. The molecule has 0 aliphatic heterocycles. The van der Waals surface area contributed by atoms with Crippen molar-refractivity contribution in [3.05, 3.63) is 36.0 Å². The van der Waals surface area contributed by atoms with Gasteiger partial charge < -0.3 is 10.3 Å². The number of para-hydroxylation sites is 1.